The van der Waals surface area contributed by atoms with Crippen LogP contribution in [0.25, 0.3) is 0 Å². The van der Waals surface area contributed by atoms with Gasteiger partial charge in [-0.3, -0.25) is 0 Å². The number of ether oxygens (including phenoxy) is 1. The van der Waals surface area contributed by atoms with Gasteiger partial charge in [0.25, 0.3) is 0 Å². The van der Waals surface area contributed by atoms with E-state index < -0.39 is 10.0 Å². The van der Waals surface area contributed by atoms with Gasteiger partial charge in [-0.05, 0) is 50.5 Å². The maximum atomic E-state index is 12.6. The van der Waals surface area contributed by atoms with Gasteiger partial charge < -0.3 is 10.5 Å². The highest BCUT2D eigenvalue weighted by Crippen LogP contribution is 2.23. The van der Waals surface area contributed by atoms with E-state index in [4.69, 9.17) is 10.5 Å². The topological polar surface area (TPSA) is 72.6 Å². The third-order valence-corrected chi connectivity index (χ3v) is 5.40. The van der Waals surface area contributed by atoms with Crippen molar-refractivity contribution in [2.75, 3.05) is 20.2 Å². The molecule has 1 aromatic carbocycles. The van der Waals surface area contributed by atoms with Crippen molar-refractivity contribution in [2.24, 2.45) is 5.73 Å². The molecule has 0 fully saturated rings. The van der Waals surface area contributed by atoms with E-state index >= 15 is 0 Å². The molecule has 0 spiro atoms. The Morgan fingerprint density at radius 3 is 2.38 bits per heavy atom. The summed E-state index contributed by atoms with van der Waals surface area (Å²) < 4.78 is 32.0. The molecule has 6 heteroatoms. The predicted octanol–water partition coefficient (Wildman–Crippen LogP) is 1.81. The molecule has 1 rings (SSSR count). The lowest BCUT2D eigenvalue weighted by molar-refractivity contribution is 0.0737. The van der Waals surface area contributed by atoms with Crippen LogP contribution in [-0.4, -0.2) is 39.0 Å². The lowest BCUT2D eigenvalue weighted by Crippen LogP contribution is -2.31. The standard InChI is InChI=1S/C15H26N2O3S/c1-11(2)20-7-6-17(5)21(18,19)15-9-14(10-16)12(3)8-13(15)4/h8-9,11H,6-7,10,16H2,1-5H3. The van der Waals surface area contributed by atoms with Crippen molar-refractivity contribution in [3.63, 3.8) is 0 Å². The van der Waals surface area contributed by atoms with Crippen molar-refractivity contribution >= 4 is 10.0 Å². The minimum atomic E-state index is -3.52. The fourth-order valence-corrected chi connectivity index (χ4v) is 3.49. The highest BCUT2D eigenvalue weighted by molar-refractivity contribution is 7.89. The Labute approximate surface area is 128 Å². The molecule has 0 atom stereocenters. The summed E-state index contributed by atoms with van der Waals surface area (Å²) in [5.41, 5.74) is 8.28. The smallest absolute Gasteiger partial charge is 0.243 e. The normalized spacial score (nSPS) is 12.4. The SMILES string of the molecule is Cc1cc(C)c(S(=O)(=O)N(C)CCOC(C)C)cc1CN. The fourth-order valence-electron chi connectivity index (χ4n) is 2.08. The van der Waals surface area contributed by atoms with Crippen LogP contribution in [0.15, 0.2) is 17.0 Å². The largest absolute Gasteiger partial charge is 0.377 e. The average molecular weight is 314 g/mol. The van der Waals surface area contributed by atoms with Crippen LogP contribution in [-0.2, 0) is 21.3 Å². The molecule has 0 aliphatic rings. The zero-order valence-electron chi connectivity index (χ0n) is 13.5. The Balaban J connectivity index is 3.02. The van der Waals surface area contributed by atoms with Crippen LogP contribution < -0.4 is 5.73 Å². The molecule has 21 heavy (non-hydrogen) atoms. The summed E-state index contributed by atoms with van der Waals surface area (Å²) in [6.45, 7) is 8.62. The first-order valence-electron chi connectivity index (χ1n) is 7.08. The van der Waals surface area contributed by atoms with E-state index in [0.29, 0.717) is 24.6 Å². The van der Waals surface area contributed by atoms with Crippen LogP contribution in [0.2, 0.25) is 0 Å². The summed E-state index contributed by atoms with van der Waals surface area (Å²) in [7, 11) is -1.95. The zero-order valence-corrected chi connectivity index (χ0v) is 14.3. The molecule has 2 N–H and O–H groups in total. The van der Waals surface area contributed by atoms with E-state index in [1.54, 1.807) is 20.0 Å². The molecule has 0 heterocycles. The summed E-state index contributed by atoms with van der Waals surface area (Å²) in [5.74, 6) is 0. The number of benzene rings is 1. The molecule has 0 aliphatic carbocycles. The molecule has 0 bridgehead atoms. The van der Waals surface area contributed by atoms with Crippen molar-refractivity contribution in [3.8, 4) is 0 Å². The van der Waals surface area contributed by atoms with E-state index in [-0.39, 0.29) is 6.10 Å². The van der Waals surface area contributed by atoms with Gasteiger partial charge in [-0.25, -0.2) is 8.42 Å². The minimum absolute atomic E-state index is 0.0889. The number of likely N-dealkylation sites (N-methyl/N-ethyl adjacent to an activating group) is 1. The summed E-state index contributed by atoms with van der Waals surface area (Å²) in [6, 6.07) is 3.55. The van der Waals surface area contributed by atoms with Gasteiger partial charge in [0.05, 0.1) is 17.6 Å². The van der Waals surface area contributed by atoms with Gasteiger partial charge in [0, 0.05) is 20.1 Å². The molecular formula is C15H26N2O3S. The van der Waals surface area contributed by atoms with E-state index in [9.17, 15) is 8.42 Å². The molecule has 0 aliphatic heterocycles. The van der Waals surface area contributed by atoms with Crippen LogP contribution in [0.3, 0.4) is 0 Å². The maximum Gasteiger partial charge on any atom is 0.243 e. The van der Waals surface area contributed by atoms with Crippen LogP contribution >= 0.6 is 0 Å². The Kier molecular flexibility index (Phi) is 6.34. The summed E-state index contributed by atoms with van der Waals surface area (Å²) >= 11 is 0. The summed E-state index contributed by atoms with van der Waals surface area (Å²) in [5, 5.41) is 0. The summed E-state index contributed by atoms with van der Waals surface area (Å²) in [6.07, 6.45) is 0.0889. The predicted molar refractivity (Wildman–Crippen MR) is 84.7 cm³/mol. The van der Waals surface area contributed by atoms with Crippen LogP contribution in [0.1, 0.15) is 30.5 Å². The molecule has 0 radical (unpaired) electrons. The van der Waals surface area contributed by atoms with Crippen molar-refractivity contribution in [1.82, 2.24) is 4.31 Å². The average Bonchev–Trinajstić information content (AvgIpc) is 2.37. The van der Waals surface area contributed by atoms with Gasteiger partial charge in [-0.1, -0.05) is 6.07 Å². The van der Waals surface area contributed by atoms with Gasteiger partial charge >= 0.3 is 0 Å². The Bertz CT molecular complexity index is 583. The number of aryl methyl sites for hydroxylation is 2. The van der Waals surface area contributed by atoms with Gasteiger partial charge in [0.2, 0.25) is 10.0 Å². The summed E-state index contributed by atoms with van der Waals surface area (Å²) in [4.78, 5) is 0.320. The molecule has 0 unspecified atom stereocenters. The highest BCUT2D eigenvalue weighted by atomic mass is 32.2. The highest BCUT2D eigenvalue weighted by Gasteiger charge is 2.23. The monoisotopic (exact) mass is 314 g/mol. The minimum Gasteiger partial charge on any atom is -0.377 e. The first-order chi connectivity index (χ1) is 9.70. The maximum absolute atomic E-state index is 12.6. The van der Waals surface area contributed by atoms with Crippen LogP contribution in [0.4, 0.5) is 0 Å². The number of nitrogens with two attached hydrogens (primary N) is 1. The number of hydrogen-bond acceptors (Lipinski definition) is 4. The van der Waals surface area contributed by atoms with Gasteiger partial charge in [-0.15, -0.1) is 0 Å². The van der Waals surface area contributed by atoms with Crippen molar-refractivity contribution in [1.29, 1.82) is 0 Å². The second-order valence-electron chi connectivity index (χ2n) is 5.49. The second kappa shape index (κ2) is 7.35. The van der Waals surface area contributed by atoms with Crippen molar-refractivity contribution < 1.29 is 13.2 Å². The first kappa shape index (κ1) is 18.1. The fraction of sp³-hybridized carbons (Fsp3) is 0.600. The van der Waals surface area contributed by atoms with E-state index in [2.05, 4.69) is 0 Å². The molecule has 1 aromatic rings. The lowest BCUT2D eigenvalue weighted by Gasteiger charge is -2.20. The molecule has 0 aromatic heterocycles. The molecule has 120 valence electrons. The lowest BCUT2D eigenvalue weighted by atomic mass is 10.1. The number of sulfonamides is 1. The Hall–Kier alpha value is -0.950. The van der Waals surface area contributed by atoms with Gasteiger partial charge in [0.15, 0.2) is 0 Å². The molecule has 0 saturated carbocycles. The number of nitrogens with zero attached hydrogens (tertiary/aromatic N) is 1. The quantitative estimate of drug-likeness (QED) is 0.833. The second-order valence-corrected chi connectivity index (χ2v) is 7.51. The molecule has 5 nitrogen and oxygen atoms in total. The molecular weight excluding hydrogens is 288 g/mol. The van der Waals surface area contributed by atoms with E-state index in [0.717, 1.165) is 16.7 Å². The molecule has 0 saturated heterocycles. The van der Waals surface area contributed by atoms with Gasteiger partial charge in [0.1, 0.15) is 0 Å². The Morgan fingerprint density at radius 1 is 1.24 bits per heavy atom. The Morgan fingerprint density at radius 2 is 1.86 bits per heavy atom. The first-order valence-corrected chi connectivity index (χ1v) is 8.52. The van der Waals surface area contributed by atoms with Crippen molar-refractivity contribution in [2.45, 2.75) is 45.2 Å². The van der Waals surface area contributed by atoms with Gasteiger partial charge in [-0.2, -0.15) is 4.31 Å². The van der Waals surface area contributed by atoms with E-state index in [1.165, 1.54) is 4.31 Å². The zero-order chi connectivity index (χ0) is 16.2. The third-order valence-electron chi connectivity index (χ3n) is 3.40. The molecule has 0 amide bonds. The number of rotatable bonds is 7. The third kappa shape index (κ3) is 4.51. The van der Waals surface area contributed by atoms with Crippen LogP contribution in [0.5, 0.6) is 0 Å². The van der Waals surface area contributed by atoms with E-state index in [1.807, 2.05) is 26.8 Å². The number of hydrogen-bond donors (Lipinski definition) is 1. The van der Waals surface area contributed by atoms with Crippen molar-refractivity contribution in [3.05, 3.63) is 28.8 Å². The van der Waals surface area contributed by atoms with Crippen LogP contribution in [0, 0.1) is 13.8 Å².